The second-order valence-electron chi connectivity index (χ2n) is 6.29. The van der Waals surface area contributed by atoms with Gasteiger partial charge in [-0.25, -0.2) is 4.68 Å². The maximum absolute atomic E-state index is 12.8. The molecule has 1 aromatic heterocycles. The zero-order valence-electron chi connectivity index (χ0n) is 15.4. The third-order valence-electron chi connectivity index (χ3n) is 4.59. The van der Waals surface area contributed by atoms with Crippen LogP contribution >= 0.6 is 0 Å². The summed E-state index contributed by atoms with van der Waals surface area (Å²) in [7, 11) is 0. The van der Waals surface area contributed by atoms with E-state index in [0.29, 0.717) is 24.2 Å². The van der Waals surface area contributed by atoms with Crippen LogP contribution in [0.4, 0.5) is 0 Å². The minimum atomic E-state index is -0.239. The van der Waals surface area contributed by atoms with Crippen molar-refractivity contribution in [2.45, 2.75) is 27.3 Å². The van der Waals surface area contributed by atoms with Crippen LogP contribution in [0.25, 0.3) is 22.0 Å². The van der Waals surface area contributed by atoms with Crippen molar-refractivity contribution < 1.29 is 4.79 Å². The van der Waals surface area contributed by atoms with Crippen molar-refractivity contribution in [3.8, 4) is 11.3 Å². The molecular formula is C21H23N3O2. The molecule has 0 spiro atoms. The van der Waals surface area contributed by atoms with E-state index in [-0.39, 0.29) is 18.0 Å². The first-order valence-electron chi connectivity index (χ1n) is 8.89. The van der Waals surface area contributed by atoms with Gasteiger partial charge in [-0.1, -0.05) is 48.0 Å². The molecule has 0 radical (unpaired) electrons. The van der Waals surface area contributed by atoms with E-state index >= 15 is 0 Å². The highest BCUT2D eigenvalue weighted by atomic mass is 16.2. The number of nitrogens with zero attached hydrogens (tertiary/aromatic N) is 3. The SMILES string of the molecule is CCN(CC)C(=O)Cn1nc(-c2ccc(C)cc2)c2ccccc2c1=O. The summed E-state index contributed by atoms with van der Waals surface area (Å²) in [5, 5.41) is 5.92. The van der Waals surface area contributed by atoms with Gasteiger partial charge in [0.2, 0.25) is 5.91 Å². The summed E-state index contributed by atoms with van der Waals surface area (Å²) >= 11 is 0. The molecule has 0 bridgehead atoms. The van der Waals surface area contributed by atoms with Gasteiger partial charge in [0.15, 0.2) is 0 Å². The molecule has 0 aliphatic heterocycles. The zero-order chi connectivity index (χ0) is 18.7. The largest absolute Gasteiger partial charge is 0.342 e. The monoisotopic (exact) mass is 349 g/mol. The molecule has 2 aromatic carbocycles. The zero-order valence-corrected chi connectivity index (χ0v) is 15.4. The Kier molecular flexibility index (Phi) is 5.16. The van der Waals surface area contributed by atoms with Gasteiger partial charge in [-0.3, -0.25) is 9.59 Å². The van der Waals surface area contributed by atoms with Crippen LogP contribution in [-0.4, -0.2) is 33.7 Å². The second-order valence-corrected chi connectivity index (χ2v) is 6.29. The quantitative estimate of drug-likeness (QED) is 0.710. The topological polar surface area (TPSA) is 55.2 Å². The van der Waals surface area contributed by atoms with E-state index in [0.717, 1.165) is 16.5 Å². The summed E-state index contributed by atoms with van der Waals surface area (Å²) in [6.07, 6.45) is 0. The molecule has 1 amide bonds. The van der Waals surface area contributed by atoms with Gasteiger partial charge in [0.05, 0.1) is 11.1 Å². The smallest absolute Gasteiger partial charge is 0.275 e. The summed E-state index contributed by atoms with van der Waals surface area (Å²) in [6.45, 7) is 7.06. The van der Waals surface area contributed by atoms with Gasteiger partial charge in [0, 0.05) is 24.0 Å². The second kappa shape index (κ2) is 7.52. The molecule has 0 fully saturated rings. The fourth-order valence-electron chi connectivity index (χ4n) is 3.07. The number of hydrogen-bond acceptors (Lipinski definition) is 3. The van der Waals surface area contributed by atoms with Gasteiger partial charge >= 0.3 is 0 Å². The number of hydrogen-bond donors (Lipinski definition) is 0. The van der Waals surface area contributed by atoms with Crippen LogP contribution in [-0.2, 0) is 11.3 Å². The molecule has 26 heavy (non-hydrogen) atoms. The Morgan fingerprint density at radius 2 is 1.62 bits per heavy atom. The average Bonchev–Trinajstić information content (AvgIpc) is 2.66. The lowest BCUT2D eigenvalue weighted by Crippen LogP contribution is -2.37. The summed E-state index contributed by atoms with van der Waals surface area (Å²) in [4.78, 5) is 27.0. The molecule has 3 rings (SSSR count). The number of carbonyl (C=O) groups excluding carboxylic acids is 1. The minimum absolute atomic E-state index is 0.0514. The van der Waals surface area contributed by atoms with Crippen molar-refractivity contribution in [1.82, 2.24) is 14.7 Å². The van der Waals surface area contributed by atoms with Crippen LogP contribution < -0.4 is 5.56 Å². The lowest BCUT2D eigenvalue weighted by atomic mass is 10.0. The summed E-state index contributed by atoms with van der Waals surface area (Å²) in [6, 6.07) is 15.4. The Hall–Kier alpha value is -2.95. The number of aromatic nitrogens is 2. The lowest BCUT2D eigenvalue weighted by molar-refractivity contribution is -0.131. The fourth-order valence-corrected chi connectivity index (χ4v) is 3.07. The van der Waals surface area contributed by atoms with Crippen molar-refractivity contribution in [1.29, 1.82) is 0 Å². The molecular weight excluding hydrogens is 326 g/mol. The Labute approximate surface area is 152 Å². The van der Waals surface area contributed by atoms with E-state index in [1.54, 1.807) is 11.0 Å². The third-order valence-corrected chi connectivity index (χ3v) is 4.59. The van der Waals surface area contributed by atoms with E-state index in [9.17, 15) is 9.59 Å². The number of benzene rings is 2. The molecule has 5 heteroatoms. The van der Waals surface area contributed by atoms with Gasteiger partial charge < -0.3 is 4.90 Å². The predicted molar refractivity (Wildman–Crippen MR) is 104 cm³/mol. The van der Waals surface area contributed by atoms with Crippen molar-refractivity contribution in [2.24, 2.45) is 0 Å². The Balaban J connectivity index is 2.16. The summed E-state index contributed by atoms with van der Waals surface area (Å²) in [5.41, 5.74) is 2.56. The molecule has 0 saturated carbocycles. The van der Waals surface area contributed by atoms with Crippen LogP contribution in [0.15, 0.2) is 53.3 Å². The first-order chi connectivity index (χ1) is 12.5. The molecule has 0 saturated heterocycles. The number of likely N-dealkylation sites (N-methyl/N-ethyl adjacent to an activating group) is 1. The molecule has 0 aliphatic rings. The number of carbonyl (C=O) groups is 1. The highest BCUT2D eigenvalue weighted by Crippen LogP contribution is 2.24. The van der Waals surface area contributed by atoms with Crippen molar-refractivity contribution in [3.05, 3.63) is 64.4 Å². The van der Waals surface area contributed by atoms with E-state index in [1.807, 2.05) is 63.2 Å². The summed E-state index contributed by atoms with van der Waals surface area (Å²) < 4.78 is 1.29. The Bertz CT molecular complexity index is 986. The normalized spacial score (nSPS) is 10.9. The third kappa shape index (κ3) is 3.38. The van der Waals surface area contributed by atoms with Gasteiger partial charge in [-0.2, -0.15) is 5.10 Å². The van der Waals surface area contributed by atoms with Crippen LogP contribution in [0.5, 0.6) is 0 Å². The summed E-state index contributed by atoms with van der Waals surface area (Å²) in [5.74, 6) is -0.102. The molecule has 5 nitrogen and oxygen atoms in total. The maximum atomic E-state index is 12.8. The Morgan fingerprint density at radius 1 is 1.00 bits per heavy atom. The molecule has 0 aliphatic carbocycles. The van der Waals surface area contributed by atoms with Crippen LogP contribution in [0.3, 0.4) is 0 Å². The fraction of sp³-hybridized carbons (Fsp3) is 0.286. The molecule has 1 heterocycles. The van der Waals surface area contributed by atoms with E-state index in [1.165, 1.54) is 4.68 Å². The van der Waals surface area contributed by atoms with Crippen LogP contribution in [0, 0.1) is 6.92 Å². The number of fused-ring (bicyclic) bond motifs is 1. The Morgan fingerprint density at radius 3 is 2.23 bits per heavy atom. The van der Waals surface area contributed by atoms with Gasteiger partial charge in [0.25, 0.3) is 5.56 Å². The van der Waals surface area contributed by atoms with Gasteiger partial charge in [-0.05, 0) is 26.8 Å². The molecule has 3 aromatic rings. The lowest BCUT2D eigenvalue weighted by Gasteiger charge is -2.19. The van der Waals surface area contributed by atoms with Gasteiger partial charge in [0.1, 0.15) is 6.54 Å². The number of aryl methyl sites for hydroxylation is 1. The molecule has 0 unspecified atom stereocenters. The first kappa shape index (κ1) is 17.9. The van der Waals surface area contributed by atoms with Crippen molar-refractivity contribution >= 4 is 16.7 Å². The minimum Gasteiger partial charge on any atom is -0.342 e. The van der Waals surface area contributed by atoms with E-state index in [2.05, 4.69) is 5.10 Å². The van der Waals surface area contributed by atoms with Crippen LogP contribution in [0.2, 0.25) is 0 Å². The van der Waals surface area contributed by atoms with E-state index in [4.69, 9.17) is 0 Å². The predicted octanol–water partition coefficient (Wildman–Crippen LogP) is 3.24. The average molecular weight is 349 g/mol. The maximum Gasteiger partial charge on any atom is 0.275 e. The molecule has 0 N–H and O–H groups in total. The van der Waals surface area contributed by atoms with Crippen molar-refractivity contribution in [2.75, 3.05) is 13.1 Å². The van der Waals surface area contributed by atoms with Gasteiger partial charge in [-0.15, -0.1) is 0 Å². The van der Waals surface area contributed by atoms with E-state index < -0.39 is 0 Å². The first-order valence-corrected chi connectivity index (χ1v) is 8.89. The molecule has 134 valence electrons. The standard InChI is InChI=1S/C21H23N3O2/c1-4-23(5-2)19(25)14-24-21(26)18-9-7-6-8-17(18)20(22-24)16-12-10-15(3)11-13-16/h6-13H,4-5,14H2,1-3H3. The van der Waals surface area contributed by atoms with Crippen molar-refractivity contribution in [3.63, 3.8) is 0 Å². The number of rotatable bonds is 5. The molecule has 0 atom stereocenters. The number of amides is 1. The highest BCUT2D eigenvalue weighted by molar-refractivity contribution is 5.93. The highest BCUT2D eigenvalue weighted by Gasteiger charge is 2.16. The van der Waals surface area contributed by atoms with Crippen LogP contribution in [0.1, 0.15) is 19.4 Å².